The summed E-state index contributed by atoms with van der Waals surface area (Å²) < 4.78 is 0. The van der Waals surface area contributed by atoms with E-state index >= 15 is 0 Å². The van der Waals surface area contributed by atoms with Crippen LogP contribution in [0.1, 0.15) is 21.4 Å². The van der Waals surface area contributed by atoms with Crippen LogP contribution in [0.4, 0.5) is 5.69 Å². The first-order valence-electron chi connectivity index (χ1n) is 8.19. The third kappa shape index (κ3) is 3.45. The zero-order valence-corrected chi connectivity index (χ0v) is 16.4. The molecule has 0 N–H and O–H groups in total. The van der Waals surface area contributed by atoms with Gasteiger partial charge in [0.25, 0.3) is 5.91 Å². The standard InChI is InChI=1S/C21H16ClNOS2/c1-14-4-10-17(11-5-14)23-20(24)19(13-18-3-2-12-25-18)26-21(23)15-6-8-16(22)9-7-15/h2-13,21H,1H3/b19-13+/t21-/m1/s1. The number of rotatable bonds is 3. The summed E-state index contributed by atoms with van der Waals surface area (Å²) in [6.07, 6.45) is 1.98. The zero-order chi connectivity index (χ0) is 18.1. The molecule has 1 fully saturated rings. The van der Waals surface area contributed by atoms with Crippen molar-refractivity contribution in [2.24, 2.45) is 0 Å². The highest BCUT2D eigenvalue weighted by molar-refractivity contribution is 8.05. The van der Waals surface area contributed by atoms with Crippen LogP contribution in [0.5, 0.6) is 0 Å². The van der Waals surface area contributed by atoms with Gasteiger partial charge in [-0.1, -0.05) is 59.3 Å². The topological polar surface area (TPSA) is 20.3 Å². The molecule has 3 aromatic rings. The van der Waals surface area contributed by atoms with Crippen LogP contribution in [0.2, 0.25) is 5.02 Å². The van der Waals surface area contributed by atoms with Crippen LogP contribution >= 0.6 is 34.7 Å². The lowest BCUT2D eigenvalue weighted by Gasteiger charge is -2.24. The molecule has 2 aromatic carbocycles. The van der Waals surface area contributed by atoms with Gasteiger partial charge in [0, 0.05) is 15.6 Å². The summed E-state index contributed by atoms with van der Waals surface area (Å²) in [6, 6.07) is 19.8. The van der Waals surface area contributed by atoms with Crippen molar-refractivity contribution in [2.75, 3.05) is 4.90 Å². The molecule has 5 heteroatoms. The first-order valence-corrected chi connectivity index (χ1v) is 10.3. The largest absolute Gasteiger partial charge is 0.291 e. The second kappa shape index (κ2) is 7.31. The average Bonchev–Trinajstić information content (AvgIpc) is 3.26. The minimum atomic E-state index is -0.103. The summed E-state index contributed by atoms with van der Waals surface area (Å²) >= 11 is 9.26. The van der Waals surface area contributed by atoms with Crippen molar-refractivity contribution in [1.29, 1.82) is 0 Å². The van der Waals surface area contributed by atoms with E-state index in [9.17, 15) is 4.79 Å². The van der Waals surface area contributed by atoms with E-state index < -0.39 is 0 Å². The van der Waals surface area contributed by atoms with Crippen molar-refractivity contribution in [3.05, 3.63) is 92.0 Å². The number of hydrogen-bond acceptors (Lipinski definition) is 3. The summed E-state index contributed by atoms with van der Waals surface area (Å²) in [4.78, 5) is 16.9. The van der Waals surface area contributed by atoms with Crippen LogP contribution in [0, 0.1) is 6.92 Å². The van der Waals surface area contributed by atoms with Crippen molar-refractivity contribution in [3.8, 4) is 0 Å². The minimum absolute atomic E-state index is 0.0344. The Bertz CT molecular complexity index is 947. The fraction of sp³-hybridized carbons (Fsp3) is 0.0952. The lowest BCUT2D eigenvalue weighted by Crippen LogP contribution is -2.27. The molecule has 0 bridgehead atoms. The fourth-order valence-corrected chi connectivity index (χ4v) is 4.96. The first-order chi connectivity index (χ1) is 12.6. The van der Waals surface area contributed by atoms with Gasteiger partial charge in [0.15, 0.2) is 0 Å². The Morgan fingerprint density at radius 1 is 1.04 bits per heavy atom. The lowest BCUT2D eigenvalue weighted by atomic mass is 10.1. The molecule has 2 heterocycles. The van der Waals surface area contributed by atoms with Crippen LogP contribution in [-0.2, 0) is 4.79 Å². The first kappa shape index (κ1) is 17.4. The Morgan fingerprint density at radius 2 is 1.77 bits per heavy atom. The van der Waals surface area contributed by atoms with Gasteiger partial charge in [0.05, 0.1) is 4.91 Å². The summed E-state index contributed by atoms with van der Waals surface area (Å²) in [6.45, 7) is 2.04. The third-order valence-corrected chi connectivity index (χ3v) is 6.51. The number of aryl methyl sites for hydroxylation is 1. The van der Waals surface area contributed by atoms with E-state index in [1.165, 1.54) is 5.56 Å². The SMILES string of the molecule is Cc1ccc(N2C(=O)/C(=C\c3cccs3)S[C@@H]2c2ccc(Cl)cc2)cc1. The molecule has 1 atom stereocenters. The van der Waals surface area contributed by atoms with Crippen LogP contribution in [0.25, 0.3) is 6.08 Å². The molecule has 26 heavy (non-hydrogen) atoms. The van der Waals surface area contributed by atoms with E-state index in [0.29, 0.717) is 5.02 Å². The van der Waals surface area contributed by atoms with Gasteiger partial charge in [-0.2, -0.15) is 0 Å². The van der Waals surface area contributed by atoms with Crippen molar-refractivity contribution in [2.45, 2.75) is 12.3 Å². The number of anilines is 1. The van der Waals surface area contributed by atoms with Gasteiger partial charge in [0.2, 0.25) is 0 Å². The molecule has 0 saturated carbocycles. The van der Waals surface area contributed by atoms with Gasteiger partial charge >= 0.3 is 0 Å². The predicted molar refractivity (Wildman–Crippen MR) is 113 cm³/mol. The number of carbonyl (C=O) groups is 1. The van der Waals surface area contributed by atoms with Crippen molar-refractivity contribution in [3.63, 3.8) is 0 Å². The number of thioether (sulfide) groups is 1. The number of halogens is 1. The third-order valence-electron chi connectivity index (χ3n) is 4.19. The second-order valence-electron chi connectivity index (χ2n) is 6.06. The molecule has 0 unspecified atom stereocenters. The predicted octanol–water partition coefficient (Wildman–Crippen LogP) is 6.53. The molecule has 4 rings (SSSR count). The van der Waals surface area contributed by atoms with Crippen LogP contribution in [-0.4, -0.2) is 5.91 Å². The molecule has 1 aliphatic rings. The summed E-state index contributed by atoms with van der Waals surface area (Å²) in [7, 11) is 0. The Hall–Kier alpha value is -2.01. The molecule has 0 radical (unpaired) electrons. The summed E-state index contributed by atoms with van der Waals surface area (Å²) in [5, 5.41) is 2.61. The molecule has 0 aliphatic carbocycles. The minimum Gasteiger partial charge on any atom is -0.291 e. The van der Waals surface area contributed by atoms with Gasteiger partial charge in [0.1, 0.15) is 5.37 Å². The number of hydrogen-bond donors (Lipinski definition) is 0. The molecular formula is C21H16ClNOS2. The van der Waals surface area contributed by atoms with Crippen molar-refractivity contribution in [1.82, 2.24) is 0 Å². The Labute approximate surface area is 166 Å². The van der Waals surface area contributed by atoms with E-state index in [0.717, 1.165) is 21.0 Å². The Balaban J connectivity index is 1.77. The number of nitrogens with zero attached hydrogens (tertiary/aromatic N) is 1. The van der Waals surface area contributed by atoms with Gasteiger partial charge in [-0.15, -0.1) is 11.3 Å². The average molecular weight is 398 g/mol. The summed E-state index contributed by atoms with van der Waals surface area (Å²) in [5.41, 5.74) is 3.14. The molecule has 1 amide bonds. The number of carbonyl (C=O) groups excluding carboxylic acids is 1. The van der Waals surface area contributed by atoms with Crippen LogP contribution < -0.4 is 4.90 Å². The van der Waals surface area contributed by atoms with E-state index in [1.54, 1.807) is 23.1 Å². The molecule has 0 spiro atoms. The van der Waals surface area contributed by atoms with Gasteiger partial charge in [-0.25, -0.2) is 0 Å². The van der Waals surface area contributed by atoms with E-state index in [2.05, 4.69) is 0 Å². The fourth-order valence-electron chi connectivity index (χ4n) is 2.85. The smallest absolute Gasteiger partial charge is 0.266 e. The van der Waals surface area contributed by atoms with Crippen molar-refractivity contribution < 1.29 is 4.79 Å². The van der Waals surface area contributed by atoms with E-state index in [-0.39, 0.29) is 11.3 Å². The van der Waals surface area contributed by atoms with Crippen molar-refractivity contribution >= 4 is 52.4 Å². The highest BCUT2D eigenvalue weighted by Crippen LogP contribution is 2.48. The maximum atomic E-state index is 13.2. The highest BCUT2D eigenvalue weighted by atomic mass is 35.5. The van der Waals surface area contributed by atoms with Crippen LogP contribution in [0.15, 0.2) is 70.9 Å². The number of benzene rings is 2. The quantitative estimate of drug-likeness (QED) is 0.468. The van der Waals surface area contributed by atoms with Gasteiger partial charge < -0.3 is 0 Å². The maximum Gasteiger partial charge on any atom is 0.266 e. The molecule has 1 aromatic heterocycles. The highest BCUT2D eigenvalue weighted by Gasteiger charge is 2.38. The lowest BCUT2D eigenvalue weighted by molar-refractivity contribution is -0.114. The molecule has 1 saturated heterocycles. The molecule has 130 valence electrons. The van der Waals surface area contributed by atoms with E-state index in [1.807, 2.05) is 83.9 Å². The Kier molecular flexibility index (Phi) is 4.90. The number of thiophene rings is 1. The number of amides is 1. The molecule has 1 aliphatic heterocycles. The monoisotopic (exact) mass is 397 g/mol. The Morgan fingerprint density at radius 3 is 2.42 bits per heavy atom. The molecular weight excluding hydrogens is 382 g/mol. The second-order valence-corrected chi connectivity index (χ2v) is 8.59. The van der Waals surface area contributed by atoms with Gasteiger partial charge in [-0.05, 0) is 54.3 Å². The van der Waals surface area contributed by atoms with E-state index in [4.69, 9.17) is 11.6 Å². The zero-order valence-electron chi connectivity index (χ0n) is 14.1. The van der Waals surface area contributed by atoms with Crippen LogP contribution in [0.3, 0.4) is 0 Å². The normalized spacial score (nSPS) is 18.7. The molecule has 2 nitrogen and oxygen atoms in total. The summed E-state index contributed by atoms with van der Waals surface area (Å²) in [5.74, 6) is 0.0344. The van der Waals surface area contributed by atoms with Gasteiger partial charge in [-0.3, -0.25) is 9.69 Å². The maximum absolute atomic E-state index is 13.2.